The molecule has 0 aliphatic heterocycles. The first-order valence-corrected chi connectivity index (χ1v) is 4.22. The summed E-state index contributed by atoms with van der Waals surface area (Å²) >= 11 is 0. The van der Waals surface area contributed by atoms with E-state index < -0.39 is 0 Å². The molecule has 0 N–H and O–H groups in total. The molecule has 0 bridgehead atoms. The van der Waals surface area contributed by atoms with Crippen molar-refractivity contribution in [3.63, 3.8) is 0 Å². The van der Waals surface area contributed by atoms with Crippen LogP contribution in [-0.2, 0) is 12.8 Å². The zero-order chi connectivity index (χ0) is 10.4. The van der Waals surface area contributed by atoms with Gasteiger partial charge in [-0.15, -0.1) is 0 Å². The van der Waals surface area contributed by atoms with Crippen molar-refractivity contribution in [1.82, 2.24) is 0 Å². The predicted molar refractivity (Wildman–Crippen MR) is 51.6 cm³/mol. The van der Waals surface area contributed by atoms with Gasteiger partial charge in [0.15, 0.2) is 0 Å². The third kappa shape index (κ3) is 2.02. The van der Waals surface area contributed by atoms with Crippen molar-refractivity contribution in [1.29, 1.82) is 10.5 Å². The number of benzene rings is 1. The van der Waals surface area contributed by atoms with Crippen LogP contribution in [-0.4, -0.2) is 7.11 Å². The van der Waals surface area contributed by atoms with E-state index in [0.29, 0.717) is 12.2 Å². The molecule has 3 heteroatoms. The molecule has 0 aliphatic rings. The summed E-state index contributed by atoms with van der Waals surface area (Å²) in [7, 11) is 1.56. The maximum absolute atomic E-state index is 8.64. The fourth-order valence-electron chi connectivity index (χ4n) is 1.33. The van der Waals surface area contributed by atoms with Crippen LogP contribution in [0.15, 0.2) is 18.2 Å². The van der Waals surface area contributed by atoms with Crippen molar-refractivity contribution in [3.05, 3.63) is 29.3 Å². The molecule has 0 saturated carbocycles. The van der Waals surface area contributed by atoms with Crippen LogP contribution in [0.2, 0.25) is 0 Å². The van der Waals surface area contributed by atoms with E-state index in [2.05, 4.69) is 12.1 Å². The number of nitriles is 2. The SMILES string of the molecule is COc1cccc(CC#N)c1CC#N. The Morgan fingerprint density at radius 3 is 2.50 bits per heavy atom. The standard InChI is InChI=1S/C11H10N2O/c1-14-11-4-2-3-9(5-7-12)10(11)6-8-13/h2-4H,5-6H2,1H3. The van der Waals surface area contributed by atoms with Crippen LogP contribution in [0.4, 0.5) is 0 Å². The Bertz CT molecular complexity index is 399. The summed E-state index contributed by atoms with van der Waals surface area (Å²) < 4.78 is 5.12. The second-order valence-electron chi connectivity index (χ2n) is 2.77. The highest BCUT2D eigenvalue weighted by atomic mass is 16.5. The zero-order valence-electron chi connectivity index (χ0n) is 7.95. The van der Waals surface area contributed by atoms with E-state index in [-0.39, 0.29) is 6.42 Å². The van der Waals surface area contributed by atoms with E-state index in [1.54, 1.807) is 13.2 Å². The van der Waals surface area contributed by atoms with Crippen LogP contribution in [0.1, 0.15) is 11.1 Å². The zero-order valence-corrected chi connectivity index (χ0v) is 7.95. The van der Waals surface area contributed by atoms with Gasteiger partial charge in [-0.1, -0.05) is 12.1 Å². The first kappa shape index (κ1) is 10.1. The van der Waals surface area contributed by atoms with Gasteiger partial charge >= 0.3 is 0 Å². The summed E-state index contributed by atoms with van der Waals surface area (Å²) in [5.74, 6) is 0.680. The maximum Gasteiger partial charge on any atom is 0.123 e. The number of hydrogen-bond donors (Lipinski definition) is 0. The van der Waals surface area contributed by atoms with Crippen molar-refractivity contribution in [2.45, 2.75) is 12.8 Å². The van der Waals surface area contributed by atoms with E-state index in [1.807, 2.05) is 12.1 Å². The molecule has 0 fully saturated rings. The Hall–Kier alpha value is -2.00. The Morgan fingerprint density at radius 1 is 1.21 bits per heavy atom. The van der Waals surface area contributed by atoms with E-state index in [0.717, 1.165) is 11.1 Å². The van der Waals surface area contributed by atoms with Gasteiger partial charge in [-0.25, -0.2) is 0 Å². The van der Waals surface area contributed by atoms with Crippen molar-refractivity contribution in [3.8, 4) is 17.9 Å². The second kappa shape index (κ2) is 4.89. The Morgan fingerprint density at radius 2 is 1.93 bits per heavy atom. The molecule has 0 aromatic heterocycles. The van der Waals surface area contributed by atoms with Crippen LogP contribution >= 0.6 is 0 Å². The summed E-state index contributed by atoms with van der Waals surface area (Å²) in [6.45, 7) is 0. The van der Waals surface area contributed by atoms with Gasteiger partial charge in [-0.05, 0) is 11.6 Å². The molecule has 0 heterocycles. The van der Waals surface area contributed by atoms with Crippen LogP contribution < -0.4 is 4.74 Å². The Balaban J connectivity index is 3.16. The third-order valence-electron chi connectivity index (χ3n) is 1.98. The lowest BCUT2D eigenvalue weighted by molar-refractivity contribution is 0.410. The molecule has 1 aromatic rings. The highest BCUT2D eigenvalue weighted by molar-refractivity contribution is 5.43. The van der Waals surface area contributed by atoms with E-state index >= 15 is 0 Å². The second-order valence-corrected chi connectivity index (χ2v) is 2.77. The molecular formula is C11H10N2O. The third-order valence-corrected chi connectivity index (χ3v) is 1.98. The van der Waals surface area contributed by atoms with E-state index in [4.69, 9.17) is 15.3 Å². The lowest BCUT2D eigenvalue weighted by Crippen LogP contribution is -1.96. The number of methoxy groups -OCH3 is 1. The van der Waals surface area contributed by atoms with E-state index in [9.17, 15) is 0 Å². The minimum Gasteiger partial charge on any atom is -0.496 e. The van der Waals surface area contributed by atoms with Crippen LogP contribution in [0.3, 0.4) is 0 Å². The molecule has 0 saturated heterocycles. The monoisotopic (exact) mass is 186 g/mol. The average molecular weight is 186 g/mol. The van der Waals surface area contributed by atoms with Gasteiger partial charge in [-0.2, -0.15) is 10.5 Å². The summed E-state index contributed by atoms with van der Waals surface area (Å²) in [6, 6.07) is 9.61. The molecule has 0 atom stereocenters. The predicted octanol–water partition coefficient (Wildman–Crippen LogP) is 1.83. The summed E-state index contributed by atoms with van der Waals surface area (Å²) in [6.07, 6.45) is 0.592. The van der Waals surface area contributed by atoms with Crippen LogP contribution in [0.5, 0.6) is 5.75 Å². The van der Waals surface area contributed by atoms with E-state index in [1.165, 1.54) is 0 Å². The van der Waals surface area contributed by atoms with Gasteiger partial charge in [0.05, 0.1) is 32.1 Å². The van der Waals surface area contributed by atoms with Gasteiger partial charge in [-0.3, -0.25) is 0 Å². The first-order valence-electron chi connectivity index (χ1n) is 4.22. The summed E-state index contributed by atoms with van der Waals surface area (Å²) in [5, 5.41) is 17.2. The molecule has 0 unspecified atom stereocenters. The van der Waals surface area contributed by atoms with Gasteiger partial charge in [0.2, 0.25) is 0 Å². The van der Waals surface area contributed by atoms with Crippen LogP contribution in [0, 0.1) is 22.7 Å². The van der Waals surface area contributed by atoms with Gasteiger partial charge in [0.1, 0.15) is 5.75 Å². The quantitative estimate of drug-likeness (QED) is 0.723. The van der Waals surface area contributed by atoms with Crippen molar-refractivity contribution in [2.24, 2.45) is 0 Å². The van der Waals surface area contributed by atoms with Crippen molar-refractivity contribution >= 4 is 0 Å². The minimum atomic E-state index is 0.279. The maximum atomic E-state index is 8.64. The van der Waals surface area contributed by atoms with Gasteiger partial charge < -0.3 is 4.74 Å². The normalized spacial score (nSPS) is 8.79. The van der Waals surface area contributed by atoms with Gasteiger partial charge in [0, 0.05) is 5.56 Å². The molecule has 1 rings (SSSR count). The molecule has 14 heavy (non-hydrogen) atoms. The molecule has 70 valence electrons. The lowest BCUT2D eigenvalue weighted by Gasteiger charge is -2.08. The van der Waals surface area contributed by atoms with Crippen molar-refractivity contribution < 1.29 is 4.74 Å². The first-order chi connectivity index (χ1) is 6.83. The minimum absolute atomic E-state index is 0.279. The Labute approximate surface area is 83.2 Å². The summed E-state index contributed by atoms with van der Waals surface area (Å²) in [4.78, 5) is 0. The highest BCUT2D eigenvalue weighted by Crippen LogP contribution is 2.22. The largest absolute Gasteiger partial charge is 0.496 e. The number of hydrogen-bond acceptors (Lipinski definition) is 3. The number of nitrogens with zero attached hydrogens (tertiary/aromatic N) is 2. The molecule has 0 aliphatic carbocycles. The number of rotatable bonds is 3. The molecule has 3 nitrogen and oxygen atoms in total. The molecule has 1 aromatic carbocycles. The van der Waals surface area contributed by atoms with Crippen LogP contribution in [0.25, 0.3) is 0 Å². The lowest BCUT2D eigenvalue weighted by atomic mass is 10.0. The molecular weight excluding hydrogens is 176 g/mol. The fraction of sp³-hybridized carbons (Fsp3) is 0.273. The molecule has 0 amide bonds. The number of ether oxygens (including phenoxy) is 1. The summed E-state index contributed by atoms with van der Waals surface area (Å²) in [5.41, 5.74) is 1.69. The fourth-order valence-corrected chi connectivity index (χ4v) is 1.33. The highest BCUT2D eigenvalue weighted by Gasteiger charge is 2.07. The van der Waals surface area contributed by atoms with Crippen molar-refractivity contribution in [2.75, 3.05) is 7.11 Å². The molecule has 0 radical (unpaired) electrons. The molecule has 0 spiro atoms. The smallest absolute Gasteiger partial charge is 0.123 e. The topological polar surface area (TPSA) is 56.8 Å². The van der Waals surface area contributed by atoms with Gasteiger partial charge in [0.25, 0.3) is 0 Å². The average Bonchev–Trinajstić information content (AvgIpc) is 2.21. The Kier molecular flexibility index (Phi) is 3.52.